The van der Waals surface area contributed by atoms with Crippen LogP contribution in [-0.4, -0.2) is 37.0 Å². The summed E-state index contributed by atoms with van der Waals surface area (Å²) in [4.78, 5) is 23.0. The highest BCUT2D eigenvalue weighted by molar-refractivity contribution is 6.34. The van der Waals surface area contributed by atoms with Crippen molar-refractivity contribution >= 4 is 11.8 Å². The molecule has 3 N–H and O–H groups in total. The number of amides is 2. The highest BCUT2D eigenvalue weighted by Crippen LogP contribution is 1.93. The van der Waals surface area contributed by atoms with Gasteiger partial charge in [-0.05, 0) is 20.5 Å². The normalized spacial score (nSPS) is 12.7. The summed E-state index contributed by atoms with van der Waals surface area (Å²) in [5, 5.41) is 2.48. The van der Waals surface area contributed by atoms with Gasteiger partial charge in [0.15, 0.2) is 0 Å². The topological polar surface area (TPSA) is 75.4 Å². The average Bonchev–Trinajstić information content (AvgIpc) is 1.98. The second kappa shape index (κ2) is 4.71. The second-order valence-electron chi connectivity index (χ2n) is 2.73. The van der Waals surface area contributed by atoms with Crippen LogP contribution in [0, 0.1) is 0 Å². The molecule has 0 aliphatic rings. The minimum atomic E-state index is -0.949. The first-order valence-corrected chi connectivity index (χ1v) is 3.75. The molecule has 0 aromatic rings. The maximum atomic E-state index is 10.8. The molecule has 0 aliphatic carbocycles. The van der Waals surface area contributed by atoms with Crippen molar-refractivity contribution in [3.05, 3.63) is 0 Å². The summed E-state index contributed by atoms with van der Waals surface area (Å²) >= 11 is 0. The zero-order valence-corrected chi connectivity index (χ0v) is 7.63. The molecule has 0 saturated heterocycles. The zero-order valence-electron chi connectivity index (χ0n) is 7.63. The summed E-state index contributed by atoms with van der Waals surface area (Å²) in [6, 6.07) is 0. The highest BCUT2D eigenvalue weighted by Gasteiger charge is 2.15. The van der Waals surface area contributed by atoms with Crippen LogP contribution in [0.25, 0.3) is 0 Å². The number of hydrogen-bond donors (Lipinski definition) is 2. The van der Waals surface area contributed by atoms with Gasteiger partial charge in [-0.1, -0.05) is 6.92 Å². The molecule has 1 atom stereocenters. The third-order valence-corrected chi connectivity index (χ3v) is 1.53. The Hall–Kier alpha value is -1.10. The Morgan fingerprint density at radius 2 is 2.00 bits per heavy atom. The molecule has 2 amide bonds. The van der Waals surface area contributed by atoms with Crippen LogP contribution in [0.3, 0.4) is 0 Å². The van der Waals surface area contributed by atoms with E-state index in [9.17, 15) is 9.59 Å². The van der Waals surface area contributed by atoms with Crippen LogP contribution < -0.4 is 11.1 Å². The van der Waals surface area contributed by atoms with Gasteiger partial charge < -0.3 is 11.1 Å². The monoisotopic (exact) mass is 173 g/mol. The van der Waals surface area contributed by atoms with Crippen LogP contribution in [0.5, 0.6) is 0 Å². The molecular formula is C7H15N3O2. The van der Waals surface area contributed by atoms with Crippen molar-refractivity contribution < 1.29 is 9.59 Å². The van der Waals surface area contributed by atoms with Gasteiger partial charge in [0.1, 0.15) is 0 Å². The van der Waals surface area contributed by atoms with Gasteiger partial charge in [0.05, 0.1) is 6.17 Å². The van der Waals surface area contributed by atoms with E-state index >= 15 is 0 Å². The SMILES string of the molecule is CCC(NC(=O)C(N)=O)N(C)C. The molecule has 0 spiro atoms. The van der Waals surface area contributed by atoms with E-state index in [1.165, 1.54) is 0 Å². The van der Waals surface area contributed by atoms with Gasteiger partial charge in [-0.15, -0.1) is 0 Å². The molecule has 12 heavy (non-hydrogen) atoms. The maximum absolute atomic E-state index is 10.8. The fraction of sp³-hybridized carbons (Fsp3) is 0.714. The second-order valence-corrected chi connectivity index (χ2v) is 2.73. The number of nitrogens with one attached hydrogen (secondary N) is 1. The number of nitrogens with two attached hydrogens (primary N) is 1. The van der Waals surface area contributed by atoms with E-state index in [1.54, 1.807) is 4.90 Å². The number of rotatable bonds is 3. The van der Waals surface area contributed by atoms with Crippen LogP contribution in [-0.2, 0) is 9.59 Å². The van der Waals surface area contributed by atoms with E-state index in [0.717, 1.165) is 6.42 Å². The van der Waals surface area contributed by atoms with Gasteiger partial charge in [0.25, 0.3) is 0 Å². The van der Waals surface area contributed by atoms with E-state index in [2.05, 4.69) is 5.32 Å². The lowest BCUT2D eigenvalue weighted by Crippen LogP contribution is -2.48. The Bertz CT molecular complexity index is 179. The maximum Gasteiger partial charge on any atom is 0.310 e. The van der Waals surface area contributed by atoms with Gasteiger partial charge in [0, 0.05) is 0 Å². The molecule has 70 valence electrons. The number of hydrogen-bond acceptors (Lipinski definition) is 3. The van der Waals surface area contributed by atoms with Crippen molar-refractivity contribution in [1.82, 2.24) is 10.2 Å². The van der Waals surface area contributed by atoms with Gasteiger partial charge in [-0.25, -0.2) is 0 Å². The molecule has 0 radical (unpaired) electrons. The van der Waals surface area contributed by atoms with Crippen molar-refractivity contribution in [3.63, 3.8) is 0 Å². The molecule has 0 bridgehead atoms. The molecule has 0 rings (SSSR count). The Kier molecular flexibility index (Phi) is 4.28. The zero-order chi connectivity index (χ0) is 9.72. The van der Waals surface area contributed by atoms with Crippen LogP contribution in [0.4, 0.5) is 0 Å². The van der Waals surface area contributed by atoms with Gasteiger partial charge >= 0.3 is 11.8 Å². The number of carbonyl (C=O) groups excluding carboxylic acids is 2. The van der Waals surface area contributed by atoms with E-state index in [-0.39, 0.29) is 6.17 Å². The van der Waals surface area contributed by atoms with Crippen molar-refractivity contribution in [1.29, 1.82) is 0 Å². The fourth-order valence-corrected chi connectivity index (χ4v) is 0.819. The lowest BCUT2D eigenvalue weighted by Gasteiger charge is -2.22. The molecule has 0 aromatic heterocycles. The van der Waals surface area contributed by atoms with Crippen molar-refractivity contribution in [2.75, 3.05) is 14.1 Å². The van der Waals surface area contributed by atoms with Crippen molar-refractivity contribution in [3.8, 4) is 0 Å². The molecule has 0 aromatic carbocycles. The lowest BCUT2D eigenvalue weighted by molar-refractivity contribution is -0.138. The minimum Gasteiger partial charge on any atom is -0.361 e. The summed E-state index contributed by atoms with van der Waals surface area (Å²) in [6.07, 6.45) is 0.594. The first-order valence-electron chi connectivity index (χ1n) is 3.75. The smallest absolute Gasteiger partial charge is 0.310 e. The number of carbonyl (C=O) groups is 2. The van der Waals surface area contributed by atoms with Crippen molar-refractivity contribution in [2.24, 2.45) is 5.73 Å². The van der Waals surface area contributed by atoms with Gasteiger partial charge in [0.2, 0.25) is 0 Å². The fourth-order valence-electron chi connectivity index (χ4n) is 0.819. The molecular weight excluding hydrogens is 158 g/mol. The van der Waals surface area contributed by atoms with Gasteiger partial charge in [-0.3, -0.25) is 14.5 Å². The molecule has 0 heterocycles. The molecule has 5 heteroatoms. The quantitative estimate of drug-likeness (QED) is 0.419. The van der Waals surface area contributed by atoms with Crippen LogP contribution in [0.1, 0.15) is 13.3 Å². The lowest BCUT2D eigenvalue weighted by atomic mass is 10.3. The summed E-state index contributed by atoms with van der Waals surface area (Å²) < 4.78 is 0. The summed E-state index contributed by atoms with van der Waals surface area (Å²) in [5.41, 5.74) is 4.77. The number of primary amides is 1. The molecule has 5 nitrogen and oxygen atoms in total. The molecule has 1 unspecified atom stereocenters. The highest BCUT2D eigenvalue weighted by atomic mass is 16.2. The van der Waals surface area contributed by atoms with Crippen LogP contribution in [0.2, 0.25) is 0 Å². The van der Waals surface area contributed by atoms with Crippen LogP contribution in [0.15, 0.2) is 0 Å². The summed E-state index contributed by atoms with van der Waals surface area (Å²) in [6.45, 7) is 1.91. The Morgan fingerprint density at radius 1 is 1.50 bits per heavy atom. The predicted octanol–water partition coefficient (Wildman–Crippen LogP) is -1.11. The third-order valence-electron chi connectivity index (χ3n) is 1.53. The first-order chi connectivity index (χ1) is 5.49. The Labute approximate surface area is 71.9 Å². The molecule has 0 saturated carbocycles. The van der Waals surface area contributed by atoms with Crippen LogP contribution >= 0.6 is 0 Å². The third kappa shape index (κ3) is 3.34. The predicted molar refractivity (Wildman–Crippen MR) is 45.1 cm³/mol. The van der Waals surface area contributed by atoms with Crippen molar-refractivity contribution in [2.45, 2.75) is 19.5 Å². The van der Waals surface area contributed by atoms with E-state index in [0.29, 0.717) is 0 Å². The van der Waals surface area contributed by atoms with E-state index in [1.807, 2.05) is 21.0 Å². The minimum absolute atomic E-state index is 0.134. The van der Waals surface area contributed by atoms with E-state index < -0.39 is 11.8 Å². The van der Waals surface area contributed by atoms with E-state index in [4.69, 9.17) is 5.73 Å². The average molecular weight is 173 g/mol. The van der Waals surface area contributed by atoms with Gasteiger partial charge in [-0.2, -0.15) is 0 Å². The Balaban J connectivity index is 4.03. The molecule has 0 fully saturated rings. The standard InChI is InChI=1S/C7H15N3O2/c1-4-5(10(2)3)9-7(12)6(8)11/h5H,4H2,1-3H3,(H2,8,11)(H,9,12). The summed E-state index contributed by atoms with van der Waals surface area (Å²) in [5.74, 6) is -1.69. The largest absolute Gasteiger partial charge is 0.361 e. The first kappa shape index (κ1) is 10.9. The molecule has 0 aliphatic heterocycles. The Morgan fingerprint density at radius 3 is 2.25 bits per heavy atom. The number of nitrogens with zero attached hydrogens (tertiary/aromatic N) is 1. The summed E-state index contributed by atoms with van der Waals surface area (Å²) in [7, 11) is 3.63.